The Kier molecular flexibility index (Phi) is 2.82. The van der Waals surface area contributed by atoms with Crippen LogP contribution in [0.15, 0.2) is 21.8 Å². The molecule has 1 rings (SSSR count). The van der Waals surface area contributed by atoms with Crippen LogP contribution < -0.4 is 11.2 Å². The van der Waals surface area contributed by atoms with Crippen LogP contribution in [0.25, 0.3) is 0 Å². The third-order valence-corrected chi connectivity index (χ3v) is 1.37. The maximum absolute atomic E-state index is 5.15. The van der Waals surface area contributed by atoms with Crippen LogP contribution in [0.3, 0.4) is 0 Å². The zero-order valence-electron chi connectivity index (χ0n) is 6.57. The van der Waals surface area contributed by atoms with Crippen LogP contribution in [0.2, 0.25) is 0 Å². The van der Waals surface area contributed by atoms with Crippen molar-refractivity contribution in [2.45, 2.75) is 6.92 Å². The lowest BCUT2D eigenvalue weighted by Crippen LogP contribution is -2.23. The third kappa shape index (κ3) is 2.35. The van der Waals surface area contributed by atoms with Crippen LogP contribution in [-0.2, 0) is 0 Å². The largest absolute Gasteiger partial charge is 0.469 e. The molecule has 0 saturated carbocycles. The Bertz CT molecular complexity index is 305. The molecule has 1 aromatic heterocycles. The predicted octanol–water partition coefficient (Wildman–Crippen LogP) is 0.755. The van der Waals surface area contributed by atoms with Crippen LogP contribution in [0.5, 0.6) is 0 Å². The molecule has 0 amide bonds. The van der Waals surface area contributed by atoms with Crippen molar-refractivity contribution >= 4 is 23.5 Å². The van der Waals surface area contributed by atoms with Gasteiger partial charge in [0.2, 0.25) is 0 Å². The molecule has 0 saturated heterocycles. The molecule has 0 radical (unpaired) electrons. The van der Waals surface area contributed by atoms with Gasteiger partial charge in [0.15, 0.2) is 5.11 Å². The third-order valence-electron chi connectivity index (χ3n) is 1.28. The van der Waals surface area contributed by atoms with Crippen LogP contribution in [-0.4, -0.2) is 11.3 Å². The number of hydrazone groups is 1. The van der Waals surface area contributed by atoms with E-state index in [4.69, 9.17) is 10.2 Å². The quantitative estimate of drug-likeness (QED) is 0.403. The van der Waals surface area contributed by atoms with Crippen molar-refractivity contribution < 1.29 is 4.42 Å². The van der Waals surface area contributed by atoms with Gasteiger partial charge in [-0.15, -0.1) is 0 Å². The first-order valence-corrected chi connectivity index (χ1v) is 3.73. The Morgan fingerprint density at radius 1 is 1.83 bits per heavy atom. The van der Waals surface area contributed by atoms with Gasteiger partial charge in [0.1, 0.15) is 5.76 Å². The second-order valence-electron chi connectivity index (χ2n) is 2.17. The molecule has 0 aliphatic heterocycles. The van der Waals surface area contributed by atoms with E-state index in [9.17, 15) is 0 Å². The lowest BCUT2D eigenvalue weighted by atomic mass is 10.3. The second-order valence-corrected chi connectivity index (χ2v) is 2.61. The summed E-state index contributed by atoms with van der Waals surface area (Å²) in [5.74, 6) is 0.809. The van der Waals surface area contributed by atoms with E-state index in [2.05, 4.69) is 22.7 Å². The topological polar surface area (TPSA) is 63.5 Å². The summed E-state index contributed by atoms with van der Waals surface area (Å²) in [6.07, 6.45) is 3.19. The summed E-state index contributed by atoms with van der Waals surface area (Å²) in [4.78, 5) is 0. The highest BCUT2D eigenvalue weighted by molar-refractivity contribution is 7.80. The number of hydrogen-bond acceptors (Lipinski definition) is 3. The first-order valence-electron chi connectivity index (χ1n) is 3.33. The second kappa shape index (κ2) is 3.87. The number of hydrogen-bond donors (Lipinski definition) is 2. The van der Waals surface area contributed by atoms with Gasteiger partial charge in [-0.2, -0.15) is 5.10 Å². The SMILES string of the molecule is Cc1occc1/C=N/NC(N)=S. The Hall–Kier alpha value is -1.36. The van der Waals surface area contributed by atoms with Gasteiger partial charge in [-0.1, -0.05) is 0 Å². The van der Waals surface area contributed by atoms with E-state index < -0.39 is 0 Å². The molecule has 0 spiro atoms. The maximum atomic E-state index is 5.15. The number of nitrogens with one attached hydrogen (secondary N) is 1. The molecule has 1 heterocycles. The predicted molar refractivity (Wildman–Crippen MR) is 51.0 cm³/mol. The van der Waals surface area contributed by atoms with Crippen LogP contribution in [0.1, 0.15) is 11.3 Å². The average molecular weight is 183 g/mol. The Morgan fingerprint density at radius 2 is 2.58 bits per heavy atom. The van der Waals surface area contributed by atoms with Crippen LogP contribution in [0.4, 0.5) is 0 Å². The summed E-state index contributed by atoms with van der Waals surface area (Å²) in [7, 11) is 0. The Balaban J connectivity index is 2.57. The fourth-order valence-corrected chi connectivity index (χ4v) is 0.747. The number of nitrogens with zero attached hydrogens (tertiary/aromatic N) is 1. The highest BCUT2D eigenvalue weighted by Gasteiger charge is 1.95. The van der Waals surface area contributed by atoms with Crippen molar-refractivity contribution in [1.82, 2.24) is 5.43 Å². The molecular formula is C7H9N3OS. The molecule has 0 aromatic carbocycles. The summed E-state index contributed by atoms with van der Waals surface area (Å²) < 4.78 is 5.04. The highest BCUT2D eigenvalue weighted by Crippen LogP contribution is 2.04. The van der Waals surface area contributed by atoms with E-state index in [-0.39, 0.29) is 5.11 Å². The fourth-order valence-electron chi connectivity index (χ4n) is 0.694. The molecular weight excluding hydrogens is 174 g/mol. The molecule has 0 unspecified atom stereocenters. The lowest BCUT2D eigenvalue weighted by molar-refractivity contribution is 0.533. The van der Waals surface area contributed by atoms with E-state index in [1.807, 2.05) is 6.92 Å². The van der Waals surface area contributed by atoms with Crippen molar-refractivity contribution in [3.63, 3.8) is 0 Å². The monoisotopic (exact) mass is 183 g/mol. The van der Waals surface area contributed by atoms with E-state index in [1.54, 1.807) is 18.5 Å². The summed E-state index contributed by atoms with van der Waals surface area (Å²) in [5.41, 5.74) is 8.50. The first-order chi connectivity index (χ1) is 5.70. The molecule has 0 fully saturated rings. The summed E-state index contributed by atoms with van der Waals surface area (Å²) in [6.45, 7) is 1.85. The van der Waals surface area contributed by atoms with E-state index in [0.29, 0.717) is 0 Å². The van der Waals surface area contributed by atoms with Gasteiger partial charge >= 0.3 is 0 Å². The van der Waals surface area contributed by atoms with Gasteiger partial charge in [-0.3, -0.25) is 5.43 Å². The van der Waals surface area contributed by atoms with Gasteiger partial charge in [-0.05, 0) is 25.2 Å². The molecule has 0 bridgehead atoms. The molecule has 64 valence electrons. The number of aryl methyl sites for hydroxylation is 1. The fraction of sp³-hybridized carbons (Fsp3) is 0.143. The van der Waals surface area contributed by atoms with E-state index in [1.165, 1.54) is 0 Å². The van der Waals surface area contributed by atoms with Gasteiger partial charge in [0.05, 0.1) is 12.5 Å². The molecule has 3 N–H and O–H groups in total. The normalized spacial score (nSPS) is 10.4. The maximum Gasteiger partial charge on any atom is 0.184 e. The van der Waals surface area contributed by atoms with E-state index >= 15 is 0 Å². The number of furan rings is 1. The van der Waals surface area contributed by atoms with Crippen molar-refractivity contribution in [1.29, 1.82) is 0 Å². The molecule has 12 heavy (non-hydrogen) atoms. The van der Waals surface area contributed by atoms with Crippen molar-refractivity contribution in [2.75, 3.05) is 0 Å². The lowest BCUT2D eigenvalue weighted by Gasteiger charge is -1.92. The summed E-state index contributed by atoms with van der Waals surface area (Å²) >= 11 is 4.55. The number of rotatable bonds is 2. The number of thiocarbonyl (C=S) groups is 1. The Morgan fingerprint density at radius 3 is 3.08 bits per heavy atom. The van der Waals surface area contributed by atoms with Crippen molar-refractivity contribution in [2.24, 2.45) is 10.8 Å². The van der Waals surface area contributed by atoms with Gasteiger partial charge < -0.3 is 10.2 Å². The molecule has 1 aromatic rings. The smallest absolute Gasteiger partial charge is 0.184 e. The molecule has 0 atom stereocenters. The molecule has 0 aliphatic rings. The zero-order chi connectivity index (χ0) is 8.97. The van der Waals surface area contributed by atoms with Crippen LogP contribution >= 0.6 is 12.2 Å². The Labute approximate surface area is 75.4 Å². The standard InChI is InChI=1S/C7H9N3OS/c1-5-6(2-3-11-5)4-9-10-7(8)12/h2-4H,1H3,(H3,8,10,12)/b9-4+. The van der Waals surface area contributed by atoms with Crippen LogP contribution in [0, 0.1) is 6.92 Å². The molecule has 0 aliphatic carbocycles. The molecule has 5 heteroatoms. The minimum absolute atomic E-state index is 0.146. The van der Waals surface area contributed by atoms with Gasteiger partial charge in [0.25, 0.3) is 0 Å². The van der Waals surface area contributed by atoms with Crippen molar-refractivity contribution in [3.05, 3.63) is 23.7 Å². The van der Waals surface area contributed by atoms with Gasteiger partial charge in [0, 0.05) is 5.56 Å². The zero-order valence-corrected chi connectivity index (χ0v) is 7.39. The van der Waals surface area contributed by atoms with E-state index in [0.717, 1.165) is 11.3 Å². The summed E-state index contributed by atoms with van der Waals surface area (Å²) in [6, 6.07) is 1.81. The minimum atomic E-state index is 0.146. The van der Waals surface area contributed by atoms with Crippen molar-refractivity contribution in [3.8, 4) is 0 Å². The van der Waals surface area contributed by atoms with Gasteiger partial charge in [-0.25, -0.2) is 0 Å². The summed E-state index contributed by atoms with van der Waals surface area (Å²) in [5, 5.41) is 3.92. The number of nitrogens with two attached hydrogens (primary N) is 1. The minimum Gasteiger partial charge on any atom is -0.469 e. The average Bonchev–Trinajstić information content (AvgIpc) is 2.36. The molecule has 4 nitrogen and oxygen atoms in total. The highest BCUT2D eigenvalue weighted by atomic mass is 32.1. The first kappa shape index (κ1) is 8.73.